The molecular weight excluding hydrogens is 242 g/mol. The molecule has 0 unspecified atom stereocenters. The molecule has 17 heavy (non-hydrogen) atoms. The first kappa shape index (κ1) is 13.4. The minimum absolute atomic E-state index is 0. The van der Waals surface area contributed by atoms with Crippen LogP contribution in [-0.4, -0.2) is 34.0 Å². The number of nitrogens with two attached hydrogens (primary N) is 1. The third kappa shape index (κ3) is 2.72. The number of rotatable bonds is 3. The van der Waals surface area contributed by atoms with E-state index in [2.05, 4.69) is 15.6 Å². The maximum absolute atomic E-state index is 11.6. The summed E-state index contributed by atoms with van der Waals surface area (Å²) in [4.78, 5) is 11.6. The van der Waals surface area contributed by atoms with Gasteiger partial charge in [-0.05, 0) is 18.2 Å². The summed E-state index contributed by atoms with van der Waals surface area (Å²) in [6.07, 6.45) is 0. The smallest absolute Gasteiger partial charge is 0.251 e. The van der Waals surface area contributed by atoms with E-state index >= 15 is 0 Å². The molecule has 0 radical (unpaired) electrons. The molecule has 0 saturated heterocycles. The first-order chi connectivity index (χ1) is 7.72. The highest BCUT2D eigenvalue weighted by Gasteiger charge is 2.07. The molecule has 1 heterocycles. The molecule has 92 valence electrons. The standard InChI is InChI=1S/C10H13N5O.ClH/c1-15-9-3-2-7(6-8(9)13-14-15)10(16)12-5-4-11;/h2-3,6H,4-5,11H2,1H3,(H,12,16);1H. The molecule has 0 fully saturated rings. The molecule has 0 aliphatic rings. The van der Waals surface area contributed by atoms with E-state index in [0.29, 0.717) is 24.2 Å². The zero-order valence-corrected chi connectivity index (χ0v) is 10.2. The highest BCUT2D eigenvalue weighted by atomic mass is 35.5. The number of carbonyl (C=O) groups excluding carboxylic acids is 1. The third-order valence-electron chi connectivity index (χ3n) is 2.30. The largest absolute Gasteiger partial charge is 0.351 e. The van der Waals surface area contributed by atoms with Crippen LogP contribution in [0.4, 0.5) is 0 Å². The molecule has 2 aromatic rings. The van der Waals surface area contributed by atoms with Gasteiger partial charge in [-0.1, -0.05) is 5.21 Å². The predicted octanol–water partition coefficient (Wildman–Crippen LogP) is 0.0786. The number of aromatic nitrogens is 3. The number of carbonyl (C=O) groups is 1. The van der Waals surface area contributed by atoms with Crippen molar-refractivity contribution in [1.82, 2.24) is 20.3 Å². The molecule has 1 aromatic carbocycles. The number of benzene rings is 1. The van der Waals surface area contributed by atoms with E-state index in [1.54, 1.807) is 16.8 Å². The molecule has 1 amide bonds. The fraction of sp³-hybridized carbons (Fsp3) is 0.300. The fourth-order valence-corrected chi connectivity index (χ4v) is 1.47. The number of amides is 1. The van der Waals surface area contributed by atoms with E-state index in [1.807, 2.05) is 13.1 Å². The second-order valence-electron chi connectivity index (χ2n) is 3.46. The predicted molar refractivity (Wildman–Crippen MR) is 67.1 cm³/mol. The van der Waals surface area contributed by atoms with Gasteiger partial charge in [0.25, 0.3) is 5.91 Å². The summed E-state index contributed by atoms with van der Waals surface area (Å²) in [7, 11) is 1.81. The normalized spacial score (nSPS) is 10.0. The Bertz CT molecular complexity index is 524. The molecule has 0 saturated carbocycles. The monoisotopic (exact) mass is 255 g/mol. The summed E-state index contributed by atoms with van der Waals surface area (Å²) in [5.74, 6) is -0.141. The third-order valence-corrected chi connectivity index (χ3v) is 2.30. The molecule has 6 nitrogen and oxygen atoms in total. The Morgan fingerprint density at radius 2 is 2.29 bits per heavy atom. The van der Waals surface area contributed by atoms with E-state index in [4.69, 9.17) is 5.73 Å². The van der Waals surface area contributed by atoms with Crippen LogP contribution in [0.2, 0.25) is 0 Å². The summed E-state index contributed by atoms with van der Waals surface area (Å²) < 4.78 is 1.66. The van der Waals surface area contributed by atoms with Gasteiger partial charge in [-0.15, -0.1) is 17.5 Å². The lowest BCUT2D eigenvalue weighted by Gasteiger charge is -2.02. The van der Waals surface area contributed by atoms with Crippen molar-refractivity contribution in [2.24, 2.45) is 12.8 Å². The Hall–Kier alpha value is -1.66. The Balaban J connectivity index is 0.00000144. The van der Waals surface area contributed by atoms with Crippen LogP contribution in [0.1, 0.15) is 10.4 Å². The summed E-state index contributed by atoms with van der Waals surface area (Å²) >= 11 is 0. The van der Waals surface area contributed by atoms with E-state index in [1.165, 1.54) is 0 Å². The van der Waals surface area contributed by atoms with Gasteiger partial charge in [-0.2, -0.15) is 0 Å². The summed E-state index contributed by atoms with van der Waals surface area (Å²) in [6, 6.07) is 5.29. The van der Waals surface area contributed by atoms with Crippen molar-refractivity contribution >= 4 is 29.3 Å². The summed E-state index contributed by atoms with van der Waals surface area (Å²) in [6.45, 7) is 0.899. The molecule has 7 heteroatoms. The molecular formula is C10H14ClN5O. The SMILES string of the molecule is Cl.Cn1nnc2cc(C(=O)NCCN)ccc21. The van der Waals surface area contributed by atoms with Crippen LogP contribution in [-0.2, 0) is 7.05 Å². The molecule has 3 N–H and O–H groups in total. The van der Waals surface area contributed by atoms with Gasteiger partial charge in [0.15, 0.2) is 0 Å². The number of hydrogen-bond acceptors (Lipinski definition) is 4. The van der Waals surface area contributed by atoms with Gasteiger partial charge in [0, 0.05) is 25.7 Å². The molecule has 0 spiro atoms. The Morgan fingerprint density at radius 1 is 1.53 bits per heavy atom. The van der Waals surface area contributed by atoms with Crippen LogP contribution in [0.3, 0.4) is 0 Å². The number of halogens is 1. The minimum atomic E-state index is -0.141. The number of hydrogen-bond donors (Lipinski definition) is 2. The summed E-state index contributed by atoms with van der Waals surface area (Å²) in [5.41, 5.74) is 7.49. The Morgan fingerprint density at radius 3 is 3.00 bits per heavy atom. The number of nitrogens with one attached hydrogen (secondary N) is 1. The highest BCUT2D eigenvalue weighted by Crippen LogP contribution is 2.12. The Kier molecular flexibility index (Phi) is 4.42. The van der Waals surface area contributed by atoms with Gasteiger partial charge in [-0.3, -0.25) is 4.79 Å². The van der Waals surface area contributed by atoms with Crippen LogP contribution >= 0.6 is 12.4 Å². The lowest BCUT2D eigenvalue weighted by Crippen LogP contribution is -2.28. The number of nitrogens with zero attached hydrogens (tertiary/aromatic N) is 3. The van der Waals surface area contributed by atoms with E-state index in [0.717, 1.165) is 5.52 Å². The second-order valence-corrected chi connectivity index (χ2v) is 3.46. The van der Waals surface area contributed by atoms with Gasteiger partial charge in [0.1, 0.15) is 5.52 Å². The zero-order valence-electron chi connectivity index (χ0n) is 9.38. The highest BCUT2D eigenvalue weighted by molar-refractivity contribution is 5.97. The van der Waals surface area contributed by atoms with Crippen LogP contribution in [0.5, 0.6) is 0 Å². The molecule has 2 rings (SSSR count). The van der Waals surface area contributed by atoms with Crippen LogP contribution < -0.4 is 11.1 Å². The van der Waals surface area contributed by atoms with Crippen molar-refractivity contribution in [2.75, 3.05) is 13.1 Å². The minimum Gasteiger partial charge on any atom is -0.351 e. The van der Waals surface area contributed by atoms with Gasteiger partial charge >= 0.3 is 0 Å². The average molecular weight is 256 g/mol. The quantitative estimate of drug-likeness (QED) is 0.813. The van der Waals surface area contributed by atoms with Crippen molar-refractivity contribution in [2.45, 2.75) is 0 Å². The van der Waals surface area contributed by atoms with Gasteiger partial charge in [0.05, 0.1) is 5.52 Å². The average Bonchev–Trinajstić information content (AvgIpc) is 2.67. The second kappa shape index (κ2) is 5.60. The fourth-order valence-electron chi connectivity index (χ4n) is 1.47. The molecule has 0 aliphatic carbocycles. The number of fused-ring (bicyclic) bond motifs is 1. The first-order valence-corrected chi connectivity index (χ1v) is 5.00. The molecule has 0 aliphatic heterocycles. The van der Waals surface area contributed by atoms with Crippen LogP contribution in [0.25, 0.3) is 11.0 Å². The van der Waals surface area contributed by atoms with Crippen molar-refractivity contribution in [3.63, 3.8) is 0 Å². The van der Waals surface area contributed by atoms with Crippen molar-refractivity contribution in [1.29, 1.82) is 0 Å². The number of aryl methyl sites for hydroxylation is 1. The Labute approximate surface area is 105 Å². The molecule has 0 bridgehead atoms. The van der Waals surface area contributed by atoms with E-state index in [9.17, 15) is 4.79 Å². The van der Waals surface area contributed by atoms with Gasteiger partial charge in [-0.25, -0.2) is 4.68 Å². The van der Waals surface area contributed by atoms with Crippen LogP contribution in [0, 0.1) is 0 Å². The summed E-state index contributed by atoms with van der Waals surface area (Å²) in [5, 5.41) is 10.5. The lowest BCUT2D eigenvalue weighted by atomic mass is 10.2. The van der Waals surface area contributed by atoms with Crippen LogP contribution in [0.15, 0.2) is 18.2 Å². The van der Waals surface area contributed by atoms with Crippen molar-refractivity contribution in [3.8, 4) is 0 Å². The van der Waals surface area contributed by atoms with Gasteiger partial charge < -0.3 is 11.1 Å². The molecule has 0 atom stereocenters. The van der Waals surface area contributed by atoms with Crippen molar-refractivity contribution in [3.05, 3.63) is 23.8 Å². The zero-order chi connectivity index (χ0) is 11.5. The maximum atomic E-state index is 11.6. The first-order valence-electron chi connectivity index (χ1n) is 5.00. The topological polar surface area (TPSA) is 85.8 Å². The lowest BCUT2D eigenvalue weighted by molar-refractivity contribution is 0.0955. The van der Waals surface area contributed by atoms with Crippen molar-refractivity contribution < 1.29 is 4.79 Å². The van der Waals surface area contributed by atoms with E-state index < -0.39 is 0 Å². The molecule has 1 aromatic heterocycles. The van der Waals surface area contributed by atoms with E-state index in [-0.39, 0.29) is 18.3 Å². The van der Waals surface area contributed by atoms with Gasteiger partial charge in [0.2, 0.25) is 0 Å². The maximum Gasteiger partial charge on any atom is 0.251 e.